The van der Waals surface area contributed by atoms with E-state index >= 15 is 0 Å². The second kappa shape index (κ2) is 6.66. The van der Waals surface area contributed by atoms with E-state index in [0.717, 1.165) is 29.5 Å². The van der Waals surface area contributed by atoms with Crippen molar-refractivity contribution < 1.29 is 9.13 Å². The molecule has 0 aliphatic rings. The van der Waals surface area contributed by atoms with Gasteiger partial charge in [-0.3, -0.25) is 0 Å². The summed E-state index contributed by atoms with van der Waals surface area (Å²) >= 11 is 0. The summed E-state index contributed by atoms with van der Waals surface area (Å²) in [6.07, 6.45) is 3.76. The van der Waals surface area contributed by atoms with Crippen LogP contribution in [0.15, 0.2) is 67.3 Å². The predicted octanol–water partition coefficient (Wildman–Crippen LogP) is 5.77. The molecule has 0 saturated heterocycles. The molecule has 0 fully saturated rings. The van der Waals surface area contributed by atoms with Crippen LogP contribution in [-0.2, 0) is 6.42 Å². The average Bonchev–Trinajstić information content (AvgIpc) is 2.60. The van der Waals surface area contributed by atoms with Crippen molar-refractivity contribution in [1.29, 1.82) is 0 Å². The van der Waals surface area contributed by atoms with Crippen LogP contribution < -0.4 is 4.74 Å². The molecule has 0 amide bonds. The van der Waals surface area contributed by atoms with E-state index < -0.39 is 0 Å². The number of hydrogen-bond acceptors (Lipinski definition) is 1. The lowest BCUT2D eigenvalue weighted by Gasteiger charge is -2.09. The summed E-state index contributed by atoms with van der Waals surface area (Å²) in [4.78, 5) is 0. The Kier molecular flexibility index (Phi) is 4.42. The lowest BCUT2D eigenvalue weighted by molar-refractivity contribution is 0.415. The van der Waals surface area contributed by atoms with E-state index in [9.17, 15) is 4.39 Å². The fourth-order valence-electron chi connectivity index (χ4n) is 2.76. The van der Waals surface area contributed by atoms with Crippen molar-refractivity contribution in [2.75, 3.05) is 7.11 Å². The van der Waals surface area contributed by atoms with E-state index in [1.165, 1.54) is 5.56 Å². The third-order valence-electron chi connectivity index (χ3n) is 4.06. The molecule has 0 unspecified atom stereocenters. The van der Waals surface area contributed by atoms with E-state index in [4.69, 9.17) is 4.74 Å². The topological polar surface area (TPSA) is 9.23 Å². The van der Waals surface area contributed by atoms with Crippen molar-refractivity contribution in [2.24, 2.45) is 0 Å². The van der Waals surface area contributed by atoms with Crippen LogP contribution in [0.3, 0.4) is 0 Å². The van der Waals surface area contributed by atoms with Crippen molar-refractivity contribution in [3.05, 3.63) is 78.6 Å². The molecule has 0 radical (unpaired) electrons. The van der Waals surface area contributed by atoms with Crippen LogP contribution in [0, 0.1) is 5.82 Å². The Morgan fingerprint density at radius 1 is 1.04 bits per heavy atom. The van der Waals surface area contributed by atoms with Crippen LogP contribution in [0.2, 0.25) is 0 Å². The summed E-state index contributed by atoms with van der Waals surface area (Å²) in [5, 5.41) is 1.59. The van der Waals surface area contributed by atoms with Gasteiger partial charge in [-0.15, -0.1) is 6.58 Å². The number of rotatable bonds is 5. The fraction of sp³-hybridized carbons (Fsp3) is 0.143. The molecule has 0 spiro atoms. The molecule has 0 bridgehead atoms. The zero-order valence-electron chi connectivity index (χ0n) is 13.2. The maximum atomic E-state index is 14.9. The summed E-state index contributed by atoms with van der Waals surface area (Å²) in [5.74, 6) is 0.588. The lowest BCUT2D eigenvalue weighted by atomic mass is 9.98. The zero-order valence-corrected chi connectivity index (χ0v) is 13.2. The van der Waals surface area contributed by atoms with E-state index in [1.54, 1.807) is 7.11 Å². The molecule has 3 rings (SSSR count). The van der Waals surface area contributed by atoms with Crippen LogP contribution in [0.5, 0.6) is 5.75 Å². The number of benzene rings is 3. The third kappa shape index (κ3) is 3.11. The standard InChI is InChI=1S/C21H19FO/c1-3-4-5-15-6-12-20-17(14-15)9-13-19(21(20)22)16-7-10-18(23-2)11-8-16/h3,6-14H,1,4-5H2,2H3. The first kappa shape index (κ1) is 15.3. The second-order valence-corrected chi connectivity index (χ2v) is 5.54. The van der Waals surface area contributed by atoms with Gasteiger partial charge in [-0.2, -0.15) is 0 Å². The minimum atomic E-state index is -0.178. The van der Waals surface area contributed by atoms with Gasteiger partial charge in [-0.25, -0.2) is 4.39 Å². The van der Waals surface area contributed by atoms with Crippen molar-refractivity contribution in [3.63, 3.8) is 0 Å². The number of aryl methyl sites for hydroxylation is 1. The van der Waals surface area contributed by atoms with Gasteiger partial charge in [0, 0.05) is 10.9 Å². The van der Waals surface area contributed by atoms with Gasteiger partial charge in [-0.1, -0.05) is 48.5 Å². The minimum Gasteiger partial charge on any atom is -0.497 e. The van der Waals surface area contributed by atoms with Gasteiger partial charge in [0.2, 0.25) is 0 Å². The summed E-state index contributed by atoms with van der Waals surface area (Å²) in [6, 6.07) is 17.2. The summed E-state index contributed by atoms with van der Waals surface area (Å²) in [5.41, 5.74) is 2.66. The molecule has 3 aromatic carbocycles. The molecular formula is C21H19FO. The Balaban J connectivity index is 2.02. The van der Waals surface area contributed by atoms with E-state index in [0.29, 0.717) is 10.9 Å². The number of hydrogen-bond donors (Lipinski definition) is 0. The molecule has 0 aliphatic heterocycles. The summed E-state index contributed by atoms with van der Waals surface area (Å²) < 4.78 is 20.0. The third-order valence-corrected chi connectivity index (χ3v) is 4.06. The molecule has 116 valence electrons. The largest absolute Gasteiger partial charge is 0.497 e. The smallest absolute Gasteiger partial charge is 0.138 e. The quantitative estimate of drug-likeness (QED) is 0.543. The normalized spacial score (nSPS) is 10.7. The molecule has 0 atom stereocenters. The van der Waals surface area contributed by atoms with Gasteiger partial charge >= 0.3 is 0 Å². The van der Waals surface area contributed by atoms with E-state index in [2.05, 4.69) is 12.6 Å². The van der Waals surface area contributed by atoms with Gasteiger partial charge in [-0.05, 0) is 41.5 Å². The number of allylic oxidation sites excluding steroid dienone is 1. The van der Waals surface area contributed by atoms with Gasteiger partial charge in [0.05, 0.1) is 7.11 Å². The Labute approximate surface area is 136 Å². The predicted molar refractivity (Wildman–Crippen MR) is 94.4 cm³/mol. The van der Waals surface area contributed by atoms with Crippen LogP contribution in [0.25, 0.3) is 21.9 Å². The minimum absolute atomic E-state index is 0.178. The van der Waals surface area contributed by atoms with Gasteiger partial charge in [0.25, 0.3) is 0 Å². The summed E-state index contributed by atoms with van der Waals surface area (Å²) in [6.45, 7) is 3.74. The number of halogens is 1. The maximum absolute atomic E-state index is 14.9. The molecular weight excluding hydrogens is 287 g/mol. The maximum Gasteiger partial charge on any atom is 0.138 e. The molecule has 1 nitrogen and oxygen atoms in total. The lowest BCUT2D eigenvalue weighted by Crippen LogP contribution is -1.90. The Morgan fingerprint density at radius 2 is 1.83 bits per heavy atom. The molecule has 0 heterocycles. The van der Waals surface area contributed by atoms with Crippen molar-refractivity contribution in [2.45, 2.75) is 12.8 Å². The molecule has 0 aromatic heterocycles. The number of methoxy groups -OCH3 is 1. The molecule has 3 aromatic rings. The zero-order chi connectivity index (χ0) is 16.2. The van der Waals surface area contributed by atoms with Gasteiger partial charge in [0.15, 0.2) is 0 Å². The molecule has 0 aliphatic carbocycles. The first-order chi connectivity index (χ1) is 11.2. The highest BCUT2D eigenvalue weighted by Gasteiger charge is 2.10. The first-order valence-electron chi connectivity index (χ1n) is 7.69. The van der Waals surface area contributed by atoms with Crippen molar-refractivity contribution in [1.82, 2.24) is 0 Å². The Bertz CT molecular complexity index is 834. The first-order valence-corrected chi connectivity index (χ1v) is 7.69. The summed E-state index contributed by atoms with van der Waals surface area (Å²) in [7, 11) is 1.62. The van der Waals surface area contributed by atoms with Crippen molar-refractivity contribution >= 4 is 10.8 Å². The molecule has 23 heavy (non-hydrogen) atoms. The number of ether oxygens (including phenoxy) is 1. The highest BCUT2D eigenvalue weighted by Crippen LogP contribution is 2.30. The Morgan fingerprint density at radius 3 is 2.52 bits per heavy atom. The van der Waals surface area contributed by atoms with E-state index in [1.807, 2.05) is 54.6 Å². The highest BCUT2D eigenvalue weighted by molar-refractivity contribution is 5.88. The fourth-order valence-corrected chi connectivity index (χ4v) is 2.76. The highest BCUT2D eigenvalue weighted by atomic mass is 19.1. The van der Waals surface area contributed by atoms with Gasteiger partial charge < -0.3 is 4.74 Å². The van der Waals surface area contributed by atoms with Crippen LogP contribution >= 0.6 is 0 Å². The SMILES string of the molecule is C=CCCc1ccc2c(F)c(-c3ccc(OC)cc3)ccc2c1. The van der Waals surface area contributed by atoms with Crippen molar-refractivity contribution in [3.8, 4) is 16.9 Å². The second-order valence-electron chi connectivity index (χ2n) is 5.54. The molecule has 0 saturated carbocycles. The molecule has 0 N–H and O–H groups in total. The van der Waals surface area contributed by atoms with Crippen LogP contribution in [-0.4, -0.2) is 7.11 Å². The molecule has 2 heteroatoms. The number of fused-ring (bicyclic) bond motifs is 1. The van der Waals surface area contributed by atoms with Crippen LogP contribution in [0.1, 0.15) is 12.0 Å². The Hall–Kier alpha value is -2.61. The van der Waals surface area contributed by atoms with Gasteiger partial charge in [0.1, 0.15) is 11.6 Å². The average molecular weight is 306 g/mol. The van der Waals surface area contributed by atoms with Crippen LogP contribution in [0.4, 0.5) is 4.39 Å². The van der Waals surface area contributed by atoms with E-state index in [-0.39, 0.29) is 5.82 Å². The monoisotopic (exact) mass is 306 g/mol.